The molecule has 0 spiro atoms. The molecular weight excluding hydrogens is 413 g/mol. The maximum Gasteiger partial charge on any atom is 0.407 e. The molecule has 1 saturated carbocycles. The monoisotopic (exact) mass is 437 g/mol. The maximum absolute atomic E-state index is 14.0. The lowest BCUT2D eigenvalue weighted by molar-refractivity contribution is 0.0981. The smallest absolute Gasteiger partial charge is 0.407 e. The zero-order valence-corrected chi connectivity index (χ0v) is 17.5. The van der Waals surface area contributed by atoms with Crippen molar-refractivity contribution in [1.82, 2.24) is 20.2 Å². The van der Waals surface area contributed by atoms with Gasteiger partial charge in [-0.15, -0.1) is 0 Å². The Morgan fingerprint density at radius 3 is 2.90 bits per heavy atom. The molecule has 11 heteroatoms. The minimum Gasteiger partial charge on any atom is -0.446 e. The number of nitrogens with one attached hydrogen (secondary N) is 4. The summed E-state index contributed by atoms with van der Waals surface area (Å²) >= 11 is 0. The van der Waals surface area contributed by atoms with Gasteiger partial charge in [0.1, 0.15) is 16.8 Å². The highest BCUT2D eigenvalue weighted by molar-refractivity contribution is 7.89. The van der Waals surface area contributed by atoms with Gasteiger partial charge in [0, 0.05) is 41.5 Å². The Morgan fingerprint density at radius 2 is 2.13 bits per heavy atom. The number of fused-ring (bicyclic) bond motifs is 1. The number of aromatic nitrogens is 2. The van der Waals surface area contributed by atoms with E-state index in [1.54, 1.807) is 0 Å². The lowest BCUT2D eigenvalue weighted by atomic mass is 10.0. The second-order valence-electron chi connectivity index (χ2n) is 7.90. The Kier molecular flexibility index (Phi) is 5.41. The molecule has 2 heterocycles. The number of ether oxygens (including phenoxy) is 1. The SMILES string of the molecule is CC(C)NC(=O)O[C@@H]1CC[C@H](c2cc(Nc3ccc(F)c4c3CNS4(=O)=O)n[nH]2)C1. The van der Waals surface area contributed by atoms with Crippen molar-refractivity contribution in [3.63, 3.8) is 0 Å². The third-order valence-corrected chi connectivity index (χ3v) is 6.79. The summed E-state index contributed by atoms with van der Waals surface area (Å²) in [7, 11) is -3.82. The van der Waals surface area contributed by atoms with Gasteiger partial charge >= 0.3 is 6.09 Å². The predicted octanol–water partition coefficient (Wildman–Crippen LogP) is 2.86. The molecule has 1 fully saturated rings. The molecule has 2 aromatic rings. The van der Waals surface area contributed by atoms with Gasteiger partial charge in [-0.2, -0.15) is 5.10 Å². The van der Waals surface area contributed by atoms with E-state index in [1.807, 2.05) is 19.9 Å². The maximum atomic E-state index is 14.0. The average Bonchev–Trinajstić information content (AvgIpc) is 3.36. The van der Waals surface area contributed by atoms with Crippen LogP contribution in [0.3, 0.4) is 0 Å². The molecule has 1 aromatic heterocycles. The lowest BCUT2D eigenvalue weighted by Crippen LogP contribution is -2.33. The molecule has 1 aliphatic carbocycles. The van der Waals surface area contributed by atoms with Gasteiger partial charge < -0.3 is 15.4 Å². The minimum absolute atomic E-state index is 0.0223. The summed E-state index contributed by atoms with van der Waals surface area (Å²) in [6.07, 6.45) is 1.77. The van der Waals surface area contributed by atoms with E-state index in [9.17, 15) is 17.6 Å². The number of anilines is 2. The zero-order valence-electron chi connectivity index (χ0n) is 16.7. The quantitative estimate of drug-likeness (QED) is 0.570. The van der Waals surface area contributed by atoms with Gasteiger partial charge in [-0.3, -0.25) is 5.10 Å². The van der Waals surface area contributed by atoms with Crippen LogP contribution >= 0.6 is 0 Å². The van der Waals surface area contributed by atoms with E-state index in [0.717, 1.165) is 24.6 Å². The molecule has 2 aliphatic rings. The van der Waals surface area contributed by atoms with Crippen LogP contribution < -0.4 is 15.4 Å². The largest absolute Gasteiger partial charge is 0.446 e. The number of nitrogens with zero attached hydrogens (tertiary/aromatic N) is 1. The van der Waals surface area contributed by atoms with E-state index >= 15 is 0 Å². The molecule has 9 nitrogen and oxygen atoms in total. The van der Waals surface area contributed by atoms with Crippen LogP contribution in [0.5, 0.6) is 0 Å². The van der Waals surface area contributed by atoms with Crippen LogP contribution in [-0.4, -0.2) is 36.9 Å². The van der Waals surface area contributed by atoms with Gasteiger partial charge in [0.05, 0.1) is 0 Å². The number of carbonyl (C=O) groups is 1. The summed E-state index contributed by atoms with van der Waals surface area (Å²) in [6.45, 7) is 3.77. The van der Waals surface area contributed by atoms with Crippen molar-refractivity contribution in [2.45, 2.75) is 62.6 Å². The van der Waals surface area contributed by atoms with Gasteiger partial charge in [0.2, 0.25) is 10.0 Å². The van der Waals surface area contributed by atoms with Crippen molar-refractivity contribution in [2.24, 2.45) is 0 Å². The first-order valence-corrected chi connectivity index (χ1v) is 11.3. The Balaban J connectivity index is 1.43. The van der Waals surface area contributed by atoms with Crippen molar-refractivity contribution in [3.05, 3.63) is 35.3 Å². The summed E-state index contributed by atoms with van der Waals surface area (Å²) in [5, 5.41) is 13.0. The summed E-state index contributed by atoms with van der Waals surface area (Å²) < 4.78 is 45.8. The zero-order chi connectivity index (χ0) is 21.5. The molecule has 162 valence electrons. The van der Waals surface area contributed by atoms with Crippen LogP contribution in [0.25, 0.3) is 0 Å². The van der Waals surface area contributed by atoms with Crippen LogP contribution in [0.15, 0.2) is 23.1 Å². The number of sulfonamides is 1. The number of amides is 1. The first kappa shape index (κ1) is 20.6. The standard InChI is InChI=1S/C19H24FN5O4S/c1-10(2)22-19(26)29-12-4-3-11(7-12)16-8-17(25-24-16)23-15-6-5-14(20)18-13(15)9-21-30(18,27)28/h5-6,8,10-12,21H,3-4,7,9H2,1-2H3,(H,22,26)(H2,23,24,25)/t11-,12+/m0/s1. The number of hydrogen-bond donors (Lipinski definition) is 4. The van der Waals surface area contributed by atoms with E-state index in [-0.39, 0.29) is 29.5 Å². The normalized spacial score (nSPS) is 22.1. The van der Waals surface area contributed by atoms with Gasteiger partial charge in [-0.1, -0.05) is 0 Å². The molecular formula is C19H24FN5O4S. The van der Waals surface area contributed by atoms with Gasteiger partial charge in [0.25, 0.3) is 0 Å². The van der Waals surface area contributed by atoms with Crippen LogP contribution in [0, 0.1) is 5.82 Å². The van der Waals surface area contributed by atoms with E-state index in [0.29, 0.717) is 23.5 Å². The minimum atomic E-state index is -3.82. The molecule has 0 unspecified atom stereocenters. The Labute approximate surface area is 173 Å². The first-order valence-electron chi connectivity index (χ1n) is 9.83. The summed E-state index contributed by atoms with van der Waals surface area (Å²) in [4.78, 5) is 11.5. The molecule has 4 N–H and O–H groups in total. The van der Waals surface area contributed by atoms with Crippen molar-refractivity contribution in [3.8, 4) is 0 Å². The third kappa shape index (κ3) is 4.12. The molecule has 0 radical (unpaired) electrons. The van der Waals surface area contributed by atoms with E-state index in [2.05, 4.69) is 25.6 Å². The number of halogens is 1. The number of hydrogen-bond acceptors (Lipinski definition) is 6. The molecule has 0 bridgehead atoms. The third-order valence-electron chi connectivity index (χ3n) is 5.29. The number of H-pyrrole nitrogens is 1. The fourth-order valence-electron chi connectivity index (χ4n) is 3.92. The predicted molar refractivity (Wildman–Crippen MR) is 107 cm³/mol. The van der Waals surface area contributed by atoms with Gasteiger partial charge in [-0.05, 0) is 45.2 Å². The number of aromatic amines is 1. The van der Waals surface area contributed by atoms with E-state index in [1.165, 1.54) is 6.07 Å². The number of alkyl carbamates (subject to hydrolysis) is 1. The number of benzene rings is 1. The average molecular weight is 437 g/mol. The second-order valence-corrected chi connectivity index (χ2v) is 9.60. The number of rotatable bonds is 5. The van der Waals surface area contributed by atoms with Crippen LogP contribution in [0.1, 0.15) is 50.3 Å². The number of carbonyl (C=O) groups excluding carboxylic acids is 1. The summed E-state index contributed by atoms with van der Waals surface area (Å²) in [6, 6.07) is 4.49. The molecule has 1 aliphatic heterocycles. The highest BCUT2D eigenvalue weighted by atomic mass is 32.2. The molecule has 1 amide bonds. The van der Waals surface area contributed by atoms with Crippen LogP contribution in [0.2, 0.25) is 0 Å². The molecule has 30 heavy (non-hydrogen) atoms. The highest BCUT2D eigenvalue weighted by Crippen LogP contribution is 2.37. The highest BCUT2D eigenvalue weighted by Gasteiger charge is 2.32. The molecule has 0 saturated heterocycles. The second kappa shape index (κ2) is 7.88. The topological polar surface area (TPSA) is 125 Å². The van der Waals surface area contributed by atoms with Gasteiger partial charge in [0.15, 0.2) is 5.82 Å². The van der Waals surface area contributed by atoms with Gasteiger partial charge in [-0.25, -0.2) is 22.3 Å². The Hall–Kier alpha value is -2.66. The van der Waals surface area contributed by atoms with Crippen molar-refractivity contribution < 1.29 is 22.3 Å². The fraction of sp³-hybridized carbons (Fsp3) is 0.474. The van der Waals surface area contributed by atoms with Crippen LogP contribution in [-0.2, 0) is 21.3 Å². The Bertz CT molecular complexity index is 1070. The van der Waals surface area contributed by atoms with E-state index < -0.39 is 21.9 Å². The first-order chi connectivity index (χ1) is 14.2. The fourth-order valence-corrected chi connectivity index (χ4v) is 5.23. The van der Waals surface area contributed by atoms with E-state index in [4.69, 9.17) is 4.74 Å². The Morgan fingerprint density at radius 1 is 1.33 bits per heavy atom. The molecule has 2 atom stereocenters. The van der Waals surface area contributed by atoms with Crippen LogP contribution in [0.4, 0.5) is 20.7 Å². The lowest BCUT2D eigenvalue weighted by Gasteiger charge is -2.14. The molecule has 1 aromatic carbocycles. The summed E-state index contributed by atoms with van der Waals surface area (Å²) in [5.41, 5.74) is 1.73. The van der Waals surface area contributed by atoms with Crippen molar-refractivity contribution in [1.29, 1.82) is 0 Å². The summed E-state index contributed by atoms with van der Waals surface area (Å²) in [5.74, 6) is -0.0994. The van der Waals surface area contributed by atoms with Crippen molar-refractivity contribution in [2.75, 3.05) is 5.32 Å². The van der Waals surface area contributed by atoms with Crippen molar-refractivity contribution >= 4 is 27.6 Å². The molecule has 4 rings (SSSR count).